The number of halogens is 2. The number of nitrogens with one attached hydrogen (secondary N) is 1. The van der Waals surface area contributed by atoms with Gasteiger partial charge in [-0.05, 0) is 25.5 Å². The lowest BCUT2D eigenvalue weighted by Crippen LogP contribution is -2.55. The molecule has 1 aromatic carbocycles. The molecule has 4 nitrogen and oxygen atoms in total. The van der Waals surface area contributed by atoms with E-state index in [0.29, 0.717) is 6.54 Å². The lowest BCUT2D eigenvalue weighted by Gasteiger charge is -2.32. The van der Waals surface area contributed by atoms with Crippen LogP contribution in [0.3, 0.4) is 0 Å². The highest BCUT2D eigenvalue weighted by Gasteiger charge is 2.34. The number of hydrogen-bond acceptors (Lipinski definition) is 3. The molecule has 1 aliphatic rings. The van der Waals surface area contributed by atoms with E-state index >= 15 is 0 Å². The molecule has 2 rings (SSSR count). The third-order valence-corrected chi connectivity index (χ3v) is 4.27. The molecular formula is C17H29Cl2N3O. The molecule has 0 radical (unpaired) electrons. The van der Waals surface area contributed by atoms with E-state index in [-0.39, 0.29) is 30.7 Å². The first-order valence-electron chi connectivity index (χ1n) is 7.90. The first-order valence-corrected chi connectivity index (χ1v) is 7.90. The number of amides is 1. The molecule has 1 aliphatic carbocycles. The van der Waals surface area contributed by atoms with Crippen molar-refractivity contribution in [1.29, 1.82) is 0 Å². The van der Waals surface area contributed by atoms with Crippen molar-refractivity contribution in [2.45, 2.75) is 44.2 Å². The fourth-order valence-electron chi connectivity index (χ4n) is 2.92. The Labute approximate surface area is 152 Å². The maximum atomic E-state index is 12.2. The average molecular weight is 362 g/mol. The minimum atomic E-state index is -0.629. The highest BCUT2D eigenvalue weighted by molar-refractivity contribution is 5.86. The van der Waals surface area contributed by atoms with Gasteiger partial charge in [0.15, 0.2) is 0 Å². The molecule has 0 bridgehead atoms. The van der Waals surface area contributed by atoms with Crippen LogP contribution in [0.1, 0.15) is 37.7 Å². The van der Waals surface area contributed by atoms with Crippen LogP contribution in [0.2, 0.25) is 0 Å². The number of carbonyl (C=O) groups is 1. The van der Waals surface area contributed by atoms with Gasteiger partial charge >= 0.3 is 0 Å². The Hall–Kier alpha value is -0.810. The van der Waals surface area contributed by atoms with E-state index in [9.17, 15) is 4.79 Å². The SMILES string of the molecule is CN(CCNC(=O)C1(N)CCCCC1)Cc1ccccc1.Cl.Cl. The molecule has 1 saturated carbocycles. The molecule has 0 aliphatic heterocycles. The van der Waals surface area contributed by atoms with Crippen LogP contribution in [-0.2, 0) is 11.3 Å². The Morgan fingerprint density at radius 1 is 1.17 bits per heavy atom. The minimum absolute atomic E-state index is 0. The van der Waals surface area contributed by atoms with Crippen molar-refractivity contribution in [3.8, 4) is 0 Å². The predicted octanol–water partition coefficient (Wildman–Crippen LogP) is 2.74. The number of nitrogens with zero attached hydrogens (tertiary/aromatic N) is 1. The Morgan fingerprint density at radius 2 is 1.78 bits per heavy atom. The Balaban J connectivity index is 0.00000242. The molecule has 0 atom stereocenters. The highest BCUT2D eigenvalue weighted by Crippen LogP contribution is 2.25. The van der Waals surface area contributed by atoms with Gasteiger partial charge in [0.25, 0.3) is 0 Å². The molecule has 23 heavy (non-hydrogen) atoms. The van der Waals surface area contributed by atoms with Crippen LogP contribution in [0.15, 0.2) is 30.3 Å². The first-order chi connectivity index (χ1) is 10.1. The van der Waals surface area contributed by atoms with Gasteiger partial charge < -0.3 is 16.0 Å². The van der Waals surface area contributed by atoms with Crippen LogP contribution in [0.5, 0.6) is 0 Å². The van der Waals surface area contributed by atoms with Gasteiger partial charge in [0.1, 0.15) is 0 Å². The number of nitrogens with two attached hydrogens (primary N) is 1. The summed E-state index contributed by atoms with van der Waals surface area (Å²) in [4.78, 5) is 14.4. The zero-order chi connectivity index (χ0) is 15.1. The van der Waals surface area contributed by atoms with E-state index in [1.54, 1.807) is 0 Å². The second-order valence-corrected chi connectivity index (χ2v) is 6.20. The van der Waals surface area contributed by atoms with Crippen molar-refractivity contribution in [3.05, 3.63) is 35.9 Å². The van der Waals surface area contributed by atoms with Gasteiger partial charge in [-0.15, -0.1) is 24.8 Å². The third-order valence-electron chi connectivity index (χ3n) is 4.27. The highest BCUT2D eigenvalue weighted by atomic mass is 35.5. The minimum Gasteiger partial charge on any atom is -0.353 e. The largest absolute Gasteiger partial charge is 0.353 e. The molecule has 6 heteroatoms. The summed E-state index contributed by atoms with van der Waals surface area (Å²) in [5.74, 6) is 0.0234. The van der Waals surface area contributed by atoms with E-state index in [0.717, 1.165) is 38.8 Å². The number of hydrogen-bond donors (Lipinski definition) is 2. The van der Waals surface area contributed by atoms with Gasteiger partial charge in [0, 0.05) is 19.6 Å². The smallest absolute Gasteiger partial charge is 0.240 e. The number of carbonyl (C=O) groups excluding carboxylic acids is 1. The second kappa shape index (κ2) is 10.9. The molecule has 132 valence electrons. The van der Waals surface area contributed by atoms with E-state index in [1.165, 1.54) is 12.0 Å². The zero-order valence-electron chi connectivity index (χ0n) is 13.8. The molecule has 0 unspecified atom stereocenters. The van der Waals surface area contributed by atoms with Gasteiger partial charge in [-0.3, -0.25) is 4.79 Å². The summed E-state index contributed by atoms with van der Waals surface area (Å²) in [5, 5.41) is 3.00. The summed E-state index contributed by atoms with van der Waals surface area (Å²) in [7, 11) is 2.07. The first kappa shape index (κ1) is 22.2. The van der Waals surface area contributed by atoms with Crippen LogP contribution >= 0.6 is 24.8 Å². The normalized spacial score (nSPS) is 16.1. The summed E-state index contributed by atoms with van der Waals surface area (Å²) >= 11 is 0. The van der Waals surface area contributed by atoms with Crippen LogP contribution < -0.4 is 11.1 Å². The Morgan fingerprint density at radius 3 is 2.39 bits per heavy atom. The molecule has 0 spiro atoms. The predicted molar refractivity (Wildman–Crippen MR) is 100 cm³/mol. The van der Waals surface area contributed by atoms with Gasteiger partial charge in [-0.25, -0.2) is 0 Å². The number of benzene rings is 1. The molecule has 0 aromatic heterocycles. The maximum absolute atomic E-state index is 12.2. The molecule has 3 N–H and O–H groups in total. The van der Waals surface area contributed by atoms with Crippen LogP contribution in [-0.4, -0.2) is 36.5 Å². The quantitative estimate of drug-likeness (QED) is 0.818. The Kier molecular flexibility index (Phi) is 10.5. The van der Waals surface area contributed by atoms with Crippen molar-refractivity contribution in [3.63, 3.8) is 0 Å². The van der Waals surface area contributed by atoms with Crippen LogP contribution in [0, 0.1) is 0 Å². The van der Waals surface area contributed by atoms with Crippen molar-refractivity contribution in [2.75, 3.05) is 20.1 Å². The van der Waals surface area contributed by atoms with Gasteiger partial charge in [-0.1, -0.05) is 49.6 Å². The van der Waals surface area contributed by atoms with Crippen molar-refractivity contribution in [2.24, 2.45) is 5.73 Å². The van der Waals surface area contributed by atoms with Crippen LogP contribution in [0.25, 0.3) is 0 Å². The monoisotopic (exact) mass is 361 g/mol. The summed E-state index contributed by atoms with van der Waals surface area (Å²) in [6.07, 6.45) is 4.97. The maximum Gasteiger partial charge on any atom is 0.240 e. The molecule has 1 amide bonds. The average Bonchev–Trinajstić information content (AvgIpc) is 2.49. The van der Waals surface area contributed by atoms with Crippen molar-refractivity contribution >= 4 is 30.7 Å². The van der Waals surface area contributed by atoms with Crippen LogP contribution in [0.4, 0.5) is 0 Å². The van der Waals surface area contributed by atoms with Gasteiger partial charge in [0.05, 0.1) is 5.54 Å². The summed E-state index contributed by atoms with van der Waals surface area (Å²) in [6.45, 7) is 2.38. The van der Waals surface area contributed by atoms with Gasteiger partial charge in [0.2, 0.25) is 5.91 Å². The fourth-order valence-corrected chi connectivity index (χ4v) is 2.92. The van der Waals surface area contributed by atoms with Gasteiger partial charge in [-0.2, -0.15) is 0 Å². The zero-order valence-corrected chi connectivity index (χ0v) is 15.4. The van der Waals surface area contributed by atoms with E-state index in [4.69, 9.17) is 5.73 Å². The lowest BCUT2D eigenvalue weighted by atomic mass is 9.82. The van der Waals surface area contributed by atoms with E-state index in [1.807, 2.05) is 18.2 Å². The number of likely N-dealkylation sites (N-methyl/N-ethyl adjacent to an activating group) is 1. The Bertz CT molecular complexity index is 450. The van der Waals surface area contributed by atoms with Crippen molar-refractivity contribution < 1.29 is 4.79 Å². The molecule has 0 heterocycles. The molecular weight excluding hydrogens is 333 g/mol. The van der Waals surface area contributed by atoms with Crippen molar-refractivity contribution in [1.82, 2.24) is 10.2 Å². The molecule has 0 saturated heterocycles. The van der Waals surface area contributed by atoms with E-state index < -0.39 is 5.54 Å². The van der Waals surface area contributed by atoms with E-state index in [2.05, 4.69) is 29.4 Å². The summed E-state index contributed by atoms with van der Waals surface area (Å²) in [5.41, 5.74) is 6.87. The standard InChI is InChI=1S/C17H27N3O.2ClH/c1-20(14-15-8-4-2-5-9-15)13-12-19-16(21)17(18)10-6-3-7-11-17;;/h2,4-5,8-9H,3,6-7,10-14,18H2,1H3,(H,19,21);2*1H. The fraction of sp³-hybridized carbons (Fsp3) is 0.588. The number of rotatable bonds is 6. The summed E-state index contributed by atoms with van der Waals surface area (Å²) < 4.78 is 0. The summed E-state index contributed by atoms with van der Waals surface area (Å²) in [6, 6.07) is 10.4. The topological polar surface area (TPSA) is 58.4 Å². The molecule has 1 aromatic rings. The third kappa shape index (κ3) is 7.08. The molecule has 1 fully saturated rings. The second-order valence-electron chi connectivity index (χ2n) is 6.20. The lowest BCUT2D eigenvalue weighted by molar-refractivity contribution is -0.127.